The molecule has 0 fully saturated rings. The summed E-state index contributed by atoms with van der Waals surface area (Å²) in [7, 11) is 0. The molecule has 0 radical (unpaired) electrons. The third-order valence-corrected chi connectivity index (χ3v) is 3.73. The van der Waals surface area contributed by atoms with Crippen LogP contribution in [0.15, 0.2) is 30.6 Å². The summed E-state index contributed by atoms with van der Waals surface area (Å²) < 4.78 is 0. The Morgan fingerprint density at radius 3 is 2.70 bits per heavy atom. The second-order valence-corrected chi connectivity index (χ2v) is 5.06. The van der Waals surface area contributed by atoms with Crippen LogP contribution in [-0.4, -0.2) is 22.4 Å². The topological polar surface area (TPSA) is 66.9 Å². The van der Waals surface area contributed by atoms with E-state index in [0.29, 0.717) is 6.54 Å². The van der Waals surface area contributed by atoms with Gasteiger partial charge in [-0.25, -0.2) is 9.97 Å². The van der Waals surface area contributed by atoms with Crippen LogP contribution in [-0.2, 0) is 4.79 Å². The van der Waals surface area contributed by atoms with Gasteiger partial charge in [-0.1, -0.05) is 41.4 Å². The highest BCUT2D eigenvalue weighted by Crippen LogP contribution is 2.33. The molecule has 1 atom stereocenters. The highest BCUT2D eigenvalue weighted by Gasteiger charge is 2.29. The van der Waals surface area contributed by atoms with Gasteiger partial charge in [-0.15, -0.1) is 0 Å². The molecule has 0 aliphatic carbocycles. The van der Waals surface area contributed by atoms with Crippen LogP contribution in [0.2, 0.25) is 10.3 Å². The van der Waals surface area contributed by atoms with Gasteiger partial charge < -0.3 is 10.6 Å². The minimum atomic E-state index is -0.293. The number of carbonyl (C=O) groups is 1. The summed E-state index contributed by atoms with van der Waals surface area (Å²) >= 11 is 11.8. The van der Waals surface area contributed by atoms with Crippen LogP contribution in [0.3, 0.4) is 0 Å². The number of nitrogens with zero attached hydrogens (tertiary/aromatic N) is 2. The molecule has 1 aromatic heterocycles. The molecule has 3 rings (SSSR count). The van der Waals surface area contributed by atoms with Crippen molar-refractivity contribution in [2.45, 2.75) is 5.92 Å². The second-order valence-electron chi connectivity index (χ2n) is 4.34. The minimum absolute atomic E-state index is 0.123. The number of hydrogen-bond donors (Lipinski definition) is 2. The summed E-state index contributed by atoms with van der Waals surface area (Å²) in [5, 5.41) is 6.13. The normalized spacial score (nSPS) is 16.4. The Bertz CT molecular complexity index is 657. The maximum atomic E-state index is 12.4. The first-order valence-corrected chi connectivity index (χ1v) is 6.72. The van der Waals surface area contributed by atoms with Gasteiger partial charge in [-0.3, -0.25) is 4.79 Å². The summed E-state index contributed by atoms with van der Waals surface area (Å²) in [6, 6.07) is 7.68. The van der Waals surface area contributed by atoms with Gasteiger partial charge in [0.25, 0.3) is 0 Å². The van der Waals surface area contributed by atoms with Crippen LogP contribution in [0.25, 0.3) is 0 Å². The summed E-state index contributed by atoms with van der Waals surface area (Å²) in [5.41, 5.74) is 2.16. The molecule has 1 amide bonds. The van der Waals surface area contributed by atoms with E-state index in [4.69, 9.17) is 23.2 Å². The van der Waals surface area contributed by atoms with E-state index in [2.05, 4.69) is 20.6 Å². The van der Waals surface area contributed by atoms with Crippen molar-refractivity contribution < 1.29 is 4.79 Å². The molecule has 7 heteroatoms. The zero-order valence-corrected chi connectivity index (χ0v) is 11.7. The molecule has 1 aromatic carbocycles. The molecule has 5 nitrogen and oxygen atoms in total. The van der Waals surface area contributed by atoms with Crippen LogP contribution < -0.4 is 10.6 Å². The van der Waals surface area contributed by atoms with Gasteiger partial charge in [0.05, 0.1) is 5.92 Å². The Morgan fingerprint density at radius 1 is 1.25 bits per heavy atom. The van der Waals surface area contributed by atoms with Crippen molar-refractivity contribution in [2.24, 2.45) is 0 Å². The van der Waals surface area contributed by atoms with Gasteiger partial charge in [0.15, 0.2) is 10.3 Å². The number of nitrogens with one attached hydrogen (secondary N) is 2. The SMILES string of the molecule is O=C(Nc1c(Cl)ncnc1Cl)C1CNc2ccccc21. The van der Waals surface area contributed by atoms with Crippen molar-refractivity contribution >= 4 is 40.5 Å². The number of amides is 1. The van der Waals surface area contributed by atoms with Crippen LogP contribution >= 0.6 is 23.2 Å². The Labute approximate surface area is 125 Å². The van der Waals surface area contributed by atoms with Crippen LogP contribution in [0.4, 0.5) is 11.4 Å². The lowest BCUT2D eigenvalue weighted by Crippen LogP contribution is -2.23. The summed E-state index contributed by atoms with van der Waals surface area (Å²) in [4.78, 5) is 20.0. The maximum absolute atomic E-state index is 12.4. The van der Waals surface area contributed by atoms with Gasteiger partial charge in [0.2, 0.25) is 5.91 Å². The van der Waals surface area contributed by atoms with E-state index >= 15 is 0 Å². The predicted molar refractivity (Wildman–Crippen MR) is 78.4 cm³/mol. The van der Waals surface area contributed by atoms with Crippen LogP contribution in [0, 0.1) is 0 Å². The molecule has 0 spiro atoms. The molecule has 2 heterocycles. The third kappa shape index (κ3) is 2.30. The summed E-state index contributed by atoms with van der Waals surface area (Å²) in [6.45, 7) is 0.536. The monoisotopic (exact) mass is 308 g/mol. The zero-order valence-electron chi connectivity index (χ0n) is 10.2. The number of para-hydroxylation sites is 1. The Morgan fingerprint density at radius 2 is 1.95 bits per heavy atom. The largest absolute Gasteiger partial charge is 0.384 e. The Kier molecular flexibility index (Phi) is 3.46. The maximum Gasteiger partial charge on any atom is 0.233 e. The Hall–Kier alpha value is -1.85. The quantitative estimate of drug-likeness (QED) is 0.837. The predicted octanol–water partition coefficient (Wildman–Crippen LogP) is 2.93. The average molecular weight is 309 g/mol. The van der Waals surface area contributed by atoms with Gasteiger partial charge in [-0.05, 0) is 11.6 Å². The molecule has 0 saturated carbocycles. The second kappa shape index (κ2) is 5.26. The number of halogens is 2. The number of fused-ring (bicyclic) bond motifs is 1. The molecule has 2 N–H and O–H groups in total. The van der Waals surface area contributed by atoms with E-state index in [0.717, 1.165) is 11.3 Å². The molecular formula is C13H10Cl2N4O. The van der Waals surface area contributed by atoms with Crippen molar-refractivity contribution in [3.05, 3.63) is 46.5 Å². The highest BCUT2D eigenvalue weighted by molar-refractivity contribution is 6.38. The number of aromatic nitrogens is 2. The molecule has 1 aliphatic heterocycles. The fourth-order valence-electron chi connectivity index (χ4n) is 2.18. The first kappa shape index (κ1) is 13.1. The molecule has 20 heavy (non-hydrogen) atoms. The molecular weight excluding hydrogens is 299 g/mol. The highest BCUT2D eigenvalue weighted by atomic mass is 35.5. The van der Waals surface area contributed by atoms with E-state index in [1.165, 1.54) is 6.33 Å². The first-order valence-electron chi connectivity index (χ1n) is 5.96. The Balaban J connectivity index is 1.85. The van der Waals surface area contributed by atoms with Crippen molar-refractivity contribution in [3.8, 4) is 0 Å². The first-order chi connectivity index (χ1) is 9.66. The molecule has 2 aromatic rings. The third-order valence-electron chi connectivity index (χ3n) is 3.15. The number of anilines is 2. The fraction of sp³-hybridized carbons (Fsp3) is 0.154. The average Bonchev–Trinajstić information content (AvgIpc) is 2.87. The fourth-order valence-corrected chi connectivity index (χ4v) is 2.58. The van der Waals surface area contributed by atoms with Crippen LogP contribution in [0.1, 0.15) is 11.5 Å². The number of rotatable bonds is 2. The minimum Gasteiger partial charge on any atom is -0.384 e. The number of benzene rings is 1. The smallest absolute Gasteiger partial charge is 0.233 e. The van der Waals surface area contributed by atoms with Crippen molar-refractivity contribution in [3.63, 3.8) is 0 Å². The number of hydrogen-bond acceptors (Lipinski definition) is 4. The van der Waals surface area contributed by atoms with Gasteiger partial charge in [0.1, 0.15) is 12.0 Å². The molecule has 1 unspecified atom stereocenters. The lowest BCUT2D eigenvalue weighted by atomic mass is 10.0. The van der Waals surface area contributed by atoms with E-state index in [-0.39, 0.29) is 27.8 Å². The van der Waals surface area contributed by atoms with Gasteiger partial charge in [-0.2, -0.15) is 0 Å². The molecule has 1 aliphatic rings. The van der Waals surface area contributed by atoms with E-state index in [1.807, 2.05) is 24.3 Å². The number of carbonyl (C=O) groups excluding carboxylic acids is 1. The van der Waals surface area contributed by atoms with E-state index in [1.54, 1.807) is 0 Å². The zero-order chi connectivity index (χ0) is 14.1. The van der Waals surface area contributed by atoms with E-state index in [9.17, 15) is 4.79 Å². The van der Waals surface area contributed by atoms with Gasteiger partial charge >= 0.3 is 0 Å². The molecule has 0 bridgehead atoms. The lowest BCUT2D eigenvalue weighted by molar-refractivity contribution is -0.117. The summed E-state index contributed by atoms with van der Waals surface area (Å²) in [6.07, 6.45) is 1.24. The summed E-state index contributed by atoms with van der Waals surface area (Å²) in [5.74, 6) is -0.486. The van der Waals surface area contributed by atoms with E-state index < -0.39 is 0 Å². The van der Waals surface area contributed by atoms with Crippen molar-refractivity contribution in [1.29, 1.82) is 0 Å². The van der Waals surface area contributed by atoms with Crippen molar-refractivity contribution in [1.82, 2.24) is 9.97 Å². The van der Waals surface area contributed by atoms with Gasteiger partial charge in [0, 0.05) is 12.2 Å². The van der Waals surface area contributed by atoms with Crippen LogP contribution in [0.5, 0.6) is 0 Å². The van der Waals surface area contributed by atoms with Crippen molar-refractivity contribution in [2.75, 3.05) is 17.2 Å². The lowest BCUT2D eigenvalue weighted by Gasteiger charge is -2.12. The molecule has 0 saturated heterocycles. The standard InChI is InChI=1S/C13H10Cl2N4O/c14-11-10(12(15)18-6-17-11)19-13(20)8-5-16-9-4-2-1-3-7(8)9/h1-4,6,8,16H,5H2,(H,19,20). The molecule has 102 valence electrons.